The van der Waals surface area contributed by atoms with Crippen LogP contribution in [0.3, 0.4) is 0 Å². The first-order valence-corrected chi connectivity index (χ1v) is 6.00. The first-order chi connectivity index (χ1) is 9.33. The second-order valence-corrected chi connectivity index (χ2v) is 4.24. The van der Waals surface area contributed by atoms with Gasteiger partial charge in [-0.05, 0) is 41.6 Å². The molecule has 1 N–H and O–H groups in total. The van der Waals surface area contributed by atoms with Gasteiger partial charge < -0.3 is 5.32 Å². The molecule has 1 heterocycles. The summed E-state index contributed by atoms with van der Waals surface area (Å²) in [7, 11) is 0. The van der Waals surface area contributed by atoms with Crippen LogP contribution in [-0.4, -0.2) is 20.2 Å². The summed E-state index contributed by atoms with van der Waals surface area (Å²) in [6.45, 7) is 2.05. The summed E-state index contributed by atoms with van der Waals surface area (Å²) in [5.74, 6) is 0.593. The minimum Gasteiger partial charge on any atom is -0.323 e. The maximum absolute atomic E-state index is 4.00. The Balaban J connectivity index is 1.91. The highest BCUT2D eigenvalue weighted by atomic mass is 15.6. The molecule has 0 bridgehead atoms. The number of benzene rings is 2. The lowest BCUT2D eigenvalue weighted by Crippen LogP contribution is -2.03. The highest BCUT2D eigenvalue weighted by Crippen LogP contribution is 2.17. The molecule has 5 nitrogen and oxygen atoms in total. The third-order valence-corrected chi connectivity index (χ3v) is 2.78. The molecule has 1 aromatic heterocycles. The Kier molecular flexibility index (Phi) is 2.94. The standard InChI is InChI=1S/C14H13N5/c1-11-7-9-12(10-8-11)15-14-16-17-18-19(14)13-5-3-2-4-6-13/h2-10H,1H3,(H,15,16,18). The van der Waals surface area contributed by atoms with Gasteiger partial charge >= 0.3 is 0 Å². The molecule has 0 spiro atoms. The second kappa shape index (κ2) is 4.89. The first kappa shape index (κ1) is 11.4. The number of nitrogens with zero attached hydrogens (tertiary/aromatic N) is 4. The van der Waals surface area contributed by atoms with Crippen LogP contribution in [-0.2, 0) is 0 Å². The fourth-order valence-electron chi connectivity index (χ4n) is 1.77. The molecular weight excluding hydrogens is 238 g/mol. The summed E-state index contributed by atoms with van der Waals surface area (Å²) in [6.07, 6.45) is 0. The van der Waals surface area contributed by atoms with E-state index < -0.39 is 0 Å². The van der Waals surface area contributed by atoms with Gasteiger partial charge in [0.05, 0.1) is 5.69 Å². The molecule has 3 rings (SSSR count). The summed E-state index contributed by atoms with van der Waals surface area (Å²) in [6, 6.07) is 17.9. The van der Waals surface area contributed by atoms with E-state index in [-0.39, 0.29) is 0 Å². The molecule has 3 aromatic rings. The molecule has 0 aliphatic rings. The fraction of sp³-hybridized carbons (Fsp3) is 0.0714. The summed E-state index contributed by atoms with van der Waals surface area (Å²) >= 11 is 0. The average Bonchev–Trinajstić information content (AvgIpc) is 2.90. The molecule has 5 heteroatoms. The summed E-state index contributed by atoms with van der Waals surface area (Å²) in [5, 5.41) is 14.9. The number of rotatable bonds is 3. The lowest BCUT2D eigenvalue weighted by molar-refractivity contribution is 0.791. The van der Waals surface area contributed by atoms with Crippen LogP contribution in [0, 0.1) is 6.92 Å². The van der Waals surface area contributed by atoms with E-state index in [9.17, 15) is 0 Å². The molecule has 2 aromatic carbocycles. The smallest absolute Gasteiger partial charge is 0.252 e. The van der Waals surface area contributed by atoms with E-state index in [1.165, 1.54) is 5.56 Å². The van der Waals surface area contributed by atoms with Gasteiger partial charge in [0.15, 0.2) is 0 Å². The van der Waals surface area contributed by atoms with Gasteiger partial charge in [0.2, 0.25) is 0 Å². The number of para-hydroxylation sites is 1. The van der Waals surface area contributed by atoms with Crippen LogP contribution in [0.15, 0.2) is 54.6 Å². The predicted molar refractivity (Wildman–Crippen MR) is 73.6 cm³/mol. The van der Waals surface area contributed by atoms with Crippen molar-refractivity contribution >= 4 is 11.6 Å². The Morgan fingerprint density at radius 1 is 0.947 bits per heavy atom. The molecule has 0 saturated carbocycles. The Morgan fingerprint density at radius 2 is 1.68 bits per heavy atom. The Bertz CT molecular complexity index is 658. The molecule has 0 saturated heterocycles. The maximum atomic E-state index is 4.00. The van der Waals surface area contributed by atoms with Crippen LogP contribution in [0.1, 0.15) is 5.56 Å². The van der Waals surface area contributed by atoms with Gasteiger partial charge in [-0.1, -0.05) is 41.0 Å². The number of aryl methyl sites for hydroxylation is 1. The van der Waals surface area contributed by atoms with Crippen molar-refractivity contribution in [2.75, 3.05) is 5.32 Å². The second-order valence-electron chi connectivity index (χ2n) is 4.24. The average molecular weight is 251 g/mol. The predicted octanol–water partition coefficient (Wildman–Crippen LogP) is 2.71. The van der Waals surface area contributed by atoms with Crippen molar-refractivity contribution in [2.24, 2.45) is 0 Å². The van der Waals surface area contributed by atoms with E-state index in [1.807, 2.05) is 54.6 Å². The van der Waals surface area contributed by atoms with Gasteiger partial charge in [-0.2, -0.15) is 4.68 Å². The third kappa shape index (κ3) is 2.44. The number of anilines is 2. The zero-order chi connectivity index (χ0) is 13.1. The third-order valence-electron chi connectivity index (χ3n) is 2.78. The molecule has 0 unspecified atom stereocenters. The number of hydrogen-bond donors (Lipinski definition) is 1. The van der Waals surface area contributed by atoms with Crippen LogP contribution in [0.4, 0.5) is 11.6 Å². The molecule has 0 aliphatic heterocycles. The number of aromatic nitrogens is 4. The minimum absolute atomic E-state index is 0.593. The number of hydrogen-bond acceptors (Lipinski definition) is 4. The van der Waals surface area contributed by atoms with Crippen molar-refractivity contribution in [1.29, 1.82) is 0 Å². The monoisotopic (exact) mass is 251 g/mol. The van der Waals surface area contributed by atoms with E-state index in [0.717, 1.165) is 11.4 Å². The normalized spacial score (nSPS) is 10.4. The van der Waals surface area contributed by atoms with Crippen LogP contribution in [0.5, 0.6) is 0 Å². The molecule has 0 aliphatic carbocycles. The van der Waals surface area contributed by atoms with Crippen molar-refractivity contribution in [2.45, 2.75) is 6.92 Å². The molecule has 0 fully saturated rings. The van der Waals surface area contributed by atoms with Crippen LogP contribution in [0.25, 0.3) is 5.69 Å². The Morgan fingerprint density at radius 3 is 2.42 bits per heavy atom. The van der Waals surface area contributed by atoms with E-state index in [1.54, 1.807) is 4.68 Å². The maximum Gasteiger partial charge on any atom is 0.252 e. The van der Waals surface area contributed by atoms with Gasteiger partial charge in [0.1, 0.15) is 0 Å². The van der Waals surface area contributed by atoms with Crippen molar-refractivity contribution in [3.63, 3.8) is 0 Å². The highest BCUT2D eigenvalue weighted by Gasteiger charge is 2.07. The van der Waals surface area contributed by atoms with Crippen molar-refractivity contribution < 1.29 is 0 Å². The van der Waals surface area contributed by atoms with Crippen LogP contribution in [0.2, 0.25) is 0 Å². The van der Waals surface area contributed by atoms with Gasteiger partial charge in [-0.15, -0.1) is 0 Å². The van der Waals surface area contributed by atoms with E-state index in [0.29, 0.717) is 5.95 Å². The van der Waals surface area contributed by atoms with Crippen LogP contribution >= 0.6 is 0 Å². The number of tetrazole rings is 1. The first-order valence-electron chi connectivity index (χ1n) is 6.00. The van der Waals surface area contributed by atoms with Crippen LogP contribution < -0.4 is 5.32 Å². The Hall–Kier alpha value is -2.69. The molecule has 0 atom stereocenters. The van der Waals surface area contributed by atoms with E-state index in [2.05, 4.69) is 27.8 Å². The topological polar surface area (TPSA) is 55.6 Å². The summed E-state index contributed by atoms with van der Waals surface area (Å²) in [4.78, 5) is 0. The van der Waals surface area contributed by atoms with Gasteiger partial charge in [0.25, 0.3) is 5.95 Å². The zero-order valence-electron chi connectivity index (χ0n) is 10.5. The molecule has 0 radical (unpaired) electrons. The summed E-state index contributed by atoms with van der Waals surface area (Å²) in [5.41, 5.74) is 3.09. The molecule has 19 heavy (non-hydrogen) atoms. The van der Waals surface area contributed by atoms with Gasteiger partial charge in [-0.25, -0.2) is 0 Å². The fourth-order valence-corrected chi connectivity index (χ4v) is 1.77. The van der Waals surface area contributed by atoms with E-state index in [4.69, 9.17) is 0 Å². The van der Waals surface area contributed by atoms with Crippen molar-refractivity contribution in [3.8, 4) is 5.69 Å². The lowest BCUT2D eigenvalue weighted by Gasteiger charge is -2.07. The van der Waals surface area contributed by atoms with Crippen molar-refractivity contribution in [3.05, 3.63) is 60.2 Å². The van der Waals surface area contributed by atoms with Gasteiger partial charge in [-0.3, -0.25) is 0 Å². The molecular formula is C14H13N5. The largest absolute Gasteiger partial charge is 0.323 e. The molecule has 94 valence electrons. The molecule has 0 amide bonds. The van der Waals surface area contributed by atoms with Crippen molar-refractivity contribution in [1.82, 2.24) is 20.2 Å². The van der Waals surface area contributed by atoms with Gasteiger partial charge in [0, 0.05) is 5.69 Å². The zero-order valence-corrected chi connectivity index (χ0v) is 10.5. The Labute approximate surface area is 110 Å². The SMILES string of the molecule is Cc1ccc(Nc2nnnn2-c2ccccc2)cc1. The van der Waals surface area contributed by atoms with E-state index >= 15 is 0 Å². The summed E-state index contributed by atoms with van der Waals surface area (Å²) < 4.78 is 1.67. The highest BCUT2D eigenvalue weighted by molar-refractivity contribution is 5.55. The lowest BCUT2D eigenvalue weighted by atomic mass is 10.2. The quantitative estimate of drug-likeness (QED) is 0.777. The number of nitrogens with one attached hydrogen (secondary N) is 1. The minimum atomic E-state index is 0.593.